The van der Waals surface area contributed by atoms with Crippen LogP contribution in [0.25, 0.3) is 0 Å². The highest BCUT2D eigenvalue weighted by Crippen LogP contribution is 2.26. The summed E-state index contributed by atoms with van der Waals surface area (Å²) in [4.78, 5) is 6.42. The predicted molar refractivity (Wildman–Crippen MR) is 64.4 cm³/mol. The quantitative estimate of drug-likeness (QED) is 0.681. The summed E-state index contributed by atoms with van der Waals surface area (Å²) in [7, 11) is 0. The zero-order valence-electron chi connectivity index (χ0n) is 9.28. The van der Waals surface area contributed by atoms with Crippen LogP contribution < -0.4 is 4.90 Å². The van der Waals surface area contributed by atoms with Crippen LogP contribution in [0.4, 0.5) is 5.69 Å². The topological polar surface area (TPSA) is 16.1 Å². The minimum absolute atomic E-state index is 0.582. The van der Waals surface area contributed by atoms with Crippen LogP contribution in [-0.2, 0) is 0 Å². The smallest absolute Gasteiger partial charge is 0.131 e. The van der Waals surface area contributed by atoms with Gasteiger partial charge in [-0.05, 0) is 30.4 Å². The standard InChI is InChI=1S/C12H17ClN2/c1-9-5-10(2)8-15(7-9)11-3-4-14-12(13)6-11/h3-4,6,9-10H,5,7-8H2,1-2H3. The molecule has 0 amide bonds. The average molecular weight is 225 g/mol. The summed E-state index contributed by atoms with van der Waals surface area (Å²) in [5, 5.41) is 0.582. The van der Waals surface area contributed by atoms with Crippen LogP contribution in [0.2, 0.25) is 5.15 Å². The van der Waals surface area contributed by atoms with Gasteiger partial charge in [-0.25, -0.2) is 4.98 Å². The van der Waals surface area contributed by atoms with Crippen molar-refractivity contribution in [3.63, 3.8) is 0 Å². The first-order chi connectivity index (χ1) is 7.15. The summed E-state index contributed by atoms with van der Waals surface area (Å²) < 4.78 is 0. The van der Waals surface area contributed by atoms with Crippen LogP contribution >= 0.6 is 11.6 Å². The first kappa shape index (κ1) is 10.7. The molecule has 0 bridgehead atoms. The molecule has 2 heterocycles. The molecular formula is C12H17ClN2. The molecule has 2 nitrogen and oxygen atoms in total. The van der Waals surface area contributed by atoms with E-state index in [0.29, 0.717) is 5.15 Å². The molecule has 0 N–H and O–H groups in total. The monoisotopic (exact) mass is 224 g/mol. The Bertz CT molecular complexity index is 330. The van der Waals surface area contributed by atoms with E-state index in [1.165, 1.54) is 12.1 Å². The summed E-state index contributed by atoms with van der Waals surface area (Å²) in [5.74, 6) is 1.53. The lowest BCUT2D eigenvalue weighted by molar-refractivity contribution is 0.357. The van der Waals surface area contributed by atoms with Gasteiger partial charge in [-0.2, -0.15) is 0 Å². The maximum Gasteiger partial charge on any atom is 0.131 e. The second-order valence-corrected chi connectivity index (χ2v) is 5.08. The zero-order chi connectivity index (χ0) is 10.8. The molecule has 1 aliphatic heterocycles. The van der Waals surface area contributed by atoms with Crippen LogP contribution in [0, 0.1) is 11.8 Å². The molecule has 2 atom stereocenters. The average Bonchev–Trinajstić information content (AvgIpc) is 2.16. The maximum atomic E-state index is 5.90. The molecule has 0 saturated carbocycles. The predicted octanol–water partition coefficient (Wildman–Crippen LogP) is 3.22. The third-order valence-corrected chi connectivity index (χ3v) is 3.15. The van der Waals surface area contributed by atoms with E-state index >= 15 is 0 Å². The van der Waals surface area contributed by atoms with E-state index in [4.69, 9.17) is 11.6 Å². The normalized spacial score (nSPS) is 26.7. The Balaban J connectivity index is 2.16. The van der Waals surface area contributed by atoms with E-state index < -0.39 is 0 Å². The number of nitrogens with zero attached hydrogens (tertiary/aromatic N) is 2. The van der Waals surface area contributed by atoms with Crippen LogP contribution in [0.3, 0.4) is 0 Å². The number of halogens is 1. The fourth-order valence-corrected chi connectivity index (χ4v) is 2.63. The largest absolute Gasteiger partial charge is 0.371 e. The number of aromatic nitrogens is 1. The van der Waals surface area contributed by atoms with Crippen molar-refractivity contribution in [3.05, 3.63) is 23.5 Å². The summed E-state index contributed by atoms with van der Waals surface area (Å²) in [6.45, 7) is 6.88. The second kappa shape index (κ2) is 4.40. The minimum Gasteiger partial charge on any atom is -0.371 e. The highest BCUT2D eigenvalue weighted by Gasteiger charge is 2.21. The van der Waals surface area contributed by atoms with E-state index in [9.17, 15) is 0 Å². The SMILES string of the molecule is CC1CC(C)CN(c2ccnc(Cl)c2)C1. The molecule has 1 aliphatic rings. The van der Waals surface area contributed by atoms with Crippen LogP contribution in [0.1, 0.15) is 20.3 Å². The molecule has 1 fully saturated rings. The molecular weight excluding hydrogens is 208 g/mol. The fraction of sp³-hybridized carbons (Fsp3) is 0.583. The van der Waals surface area contributed by atoms with Gasteiger partial charge in [-0.15, -0.1) is 0 Å². The molecule has 82 valence electrons. The van der Waals surface area contributed by atoms with Gasteiger partial charge in [-0.3, -0.25) is 0 Å². The lowest BCUT2D eigenvalue weighted by Crippen LogP contribution is -2.38. The third-order valence-electron chi connectivity index (χ3n) is 2.94. The Labute approximate surface area is 96.3 Å². The molecule has 1 aromatic heterocycles. The number of anilines is 1. The van der Waals surface area contributed by atoms with Gasteiger partial charge in [0.1, 0.15) is 5.15 Å². The summed E-state index contributed by atoms with van der Waals surface area (Å²) in [6, 6.07) is 3.99. The zero-order valence-corrected chi connectivity index (χ0v) is 10.0. The van der Waals surface area contributed by atoms with Crippen molar-refractivity contribution in [2.24, 2.45) is 11.8 Å². The van der Waals surface area contributed by atoms with Crippen molar-refractivity contribution < 1.29 is 0 Å². The Morgan fingerprint density at radius 3 is 2.60 bits per heavy atom. The molecule has 3 heteroatoms. The van der Waals surface area contributed by atoms with Gasteiger partial charge in [-0.1, -0.05) is 25.4 Å². The molecule has 2 unspecified atom stereocenters. The van der Waals surface area contributed by atoms with Crippen LogP contribution in [-0.4, -0.2) is 18.1 Å². The fourth-order valence-electron chi connectivity index (χ4n) is 2.46. The van der Waals surface area contributed by atoms with Gasteiger partial charge in [0.05, 0.1) is 0 Å². The molecule has 0 aromatic carbocycles. The Morgan fingerprint density at radius 1 is 1.33 bits per heavy atom. The van der Waals surface area contributed by atoms with Crippen LogP contribution in [0.15, 0.2) is 18.3 Å². The first-order valence-electron chi connectivity index (χ1n) is 5.51. The lowest BCUT2D eigenvalue weighted by atomic mass is 9.91. The molecule has 1 aromatic rings. The summed E-state index contributed by atoms with van der Waals surface area (Å²) in [6.07, 6.45) is 3.11. The highest BCUT2D eigenvalue weighted by molar-refractivity contribution is 6.29. The number of hydrogen-bond acceptors (Lipinski definition) is 2. The summed E-state index contributed by atoms with van der Waals surface area (Å²) in [5.41, 5.74) is 1.20. The van der Waals surface area contributed by atoms with Crippen molar-refractivity contribution in [3.8, 4) is 0 Å². The number of piperidine rings is 1. The van der Waals surface area contributed by atoms with E-state index in [0.717, 1.165) is 24.9 Å². The van der Waals surface area contributed by atoms with Crippen molar-refractivity contribution >= 4 is 17.3 Å². The molecule has 15 heavy (non-hydrogen) atoms. The van der Waals surface area contributed by atoms with Gasteiger partial charge in [0, 0.05) is 25.0 Å². The van der Waals surface area contributed by atoms with Gasteiger partial charge in [0.25, 0.3) is 0 Å². The van der Waals surface area contributed by atoms with Gasteiger partial charge < -0.3 is 4.90 Å². The van der Waals surface area contributed by atoms with Crippen molar-refractivity contribution in [1.82, 2.24) is 4.98 Å². The summed E-state index contributed by atoms with van der Waals surface area (Å²) >= 11 is 5.90. The first-order valence-corrected chi connectivity index (χ1v) is 5.89. The Morgan fingerprint density at radius 2 is 2.00 bits per heavy atom. The van der Waals surface area contributed by atoms with Crippen molar-refractivity contribution in [1.29, 1.82) is 0 Å². The molecule has 0 radical (unpaired) electrons. The minimum atomic E-state index is 0.582. The van der Waals surface area contributed by atoms with Crippen molar-refractivity contribution in [2.45, 2.75) is 20.3 Å². The lowest BCUT2D eigenvalue weighted by Gasteiger charge is -2.36. The van der Waals surface area contributed by atoms with Crippen molar-refractivity contribution in [2.75, 3.05) is 18.0 Å². The maximum absolute atomic E-state index is 5.90. The molecule has 0 aliphatic carbocycles. The Kier molecular flexibility index (Phi) is 3.15. The molecule has 1 saturated heterocycles. The third kappa shape index (κ3) is 2.63. The van der Waals surface area contributed by atoms with Crippen LogP contribution in [0.5, 0.6) is 0 Å². The number of pyridine rings is 1. The van der Waals surface area contributed by atoms with E-state index in [2.05, 4.69) is 23.7 Å². The Hall–Kier alpha value is -0.760. The van der Waals surface area contributed by atoms with Gasteiger partial charge >= 0.3 is 0 Å². The van der Waals surface area contributed by atoms with E-state index in [-0.39, 0.29) is 0 Å². The van der Waals surface area contributed by atoms with E-state index in [1.54, 1.807) is 6.20 Å². The molecule has 2 rings (SSSR count). The van der Waals surface area contributed by atoms with Gasteiger partial charge in [0.2, 0.25) is 0 Å². The number of hydrogen-bond donors (Lipinski definition) is 0. The number of rotatable bonds is 1. The van der Waals surface area contributed by atoms with Gasteiger partial charge in [0.15, 0.2) is 0 Å². The highest BCUT2D eigenvalue weighted by atomic mass is 35.5. The second-order valence-electron chi connectivity index (χ2n) is 4.69. The van der Waals surface area contributed by atoms with E-state index in [1.807, 2.05) is 12.1 Å². The molecule has 0 spiro atoms.